The summed E-state index contributed by atoms with van der Waals surface area (Å²) >= 11 is 0. The Labute approximate surface area is 171 Å². The van der Waals surface area contributed by atoms with Gasteiger partial charge in [0.05, 0.1) is 11.3 Å². The summed E-state index contributed by atoms with van der Waals surface area (Å²) in [6.07, 6.45) is -3.29. The van der Waals surface area contributed by atoms with Crippen molar-refractivity contribution in [2.45, 2.75) is 27.1 Å². The van der Waals surface area contributed by atoms with E-state index in [1.807, 2.05) is 26.8 Å². The maximum absolute atomic E-state index is 13.0. The van der Waals surface area contributed by atoms with Crippen LogP contribution >= 0.6 is 0 Å². The van der Waals surface area contributed by atoms with Gasteiger partial charge in [-0.1, -0.05) is 0 Å². The van der Waals surface area contributed by atoms with Crippen molar-refractivity contribution in [2.24, 2.45) is 0 Å². The number of rotatable bonds is 6. The molecule has 1 amide bonds. The van der Waals surface area contributed by atoms with E-state index in [1.165, 1.54) is 30.5 Å². The molecule has 2 heterocycles. The van der Waals surface area contributed by atoms with Gasteiger partial charge in [0.25, 0.3) is 5.91 Å². The molecule has 0 saturated heterocycles. The third kappa shape index (κ3) is 4.79. The second kappa shape index (κ2) is 8.56. The van der Waals surface area contributed by atoms with E-state index in [1.54, 1.807) is 11.0 Å². The predicted molar refractivity (Wildman–Crippen MR) is 108 cm³/mol. The van der Waals surface area contributed by atoms with Crippen molar-refractivity contribution in [3.63, 3.8) is 0 Å². The standard InChI is InChI=1S/C21H21F3N4O2/c1-4-28(5-2)20(29)17-12-25-19-16(11-6-13(3)26-19)18(17)27-14-7-9-15(10-8-14)30-21(22,23)24/h6-12H,4-5H2,1-3H3,(H,25,26,27). The van der Waals surface area contributed by atoms with Gasteiger partial charge in [-0.25, -0.2) is 9.97 Å². The number of anilines is 2. The number of fused-ring (bicyclic) bond motifs is 1. The van der Waals surface area contributed by atoms with Crippen LogP contribution in [-0.4, -0.2) is 40.2 Å². The van der Waals surface area contributed by atoms with Crippen LogP contribution in [-0.2, 0) is 0 Å². The molecule has 0 unspecified atom stereocenters. The van der Waals surface area contributed by atoms with E-state index in [0.29, 0.717) is 41.1 Å². The first-order chi connectivity index (χ1) is 14.2. The van der Waals surface area contributed by atoms with Crippen molar-refractivity contribution in [3.05, 3.63) is 53.9 Å². The molecule has 3 rings (SSSR count). The van der Waals surface area contributed by atoms with Crippen LogP contribution in [0.2, 0.25) is 0 Å². The number of carbonyl (C=O) groups is 1. The zero-order valence-corrected chi connectivity index (χ0v) is 16.7. The summed E-state index contributed by atoms with van der Waals surface area (Å²) in [5.74, 6) is -0.529. The Kier molecular flexibility index (Phi) is 6.09. The summed E-state index contributed by atoms with van der Waals surface area (Å²) < 4.78 is 41.1. The second-order valence-corrected chi connectivity index (χ2v) is 6.55. The van der Waals surface area contributed by atoms with Crippen molar-refractivity contribution in [1.82, 2.24) is 14.9 Å². The van der Waals surface area contributed by atoms with Crippen LogP contribution in [0.3, 0.4) is 0 Å². The third-order valence-corrected chi connectivity index (χ3v) is 4.51. The lowest BCUT2D eigenvalue weighted by Gasteiger charge is -2.21. The summed E-state index contributed by atoms with van der Waals surface area (Å²) in [7, 11) is 0. The number of nitrogens with one attached hydrogen (secondary N) is 1. The van der Waals surface area contributed by atoms with Crippen LogP contribution in [0.4, 0.5) is 24.5 Å². The molecule has 30 heavy (non-hydrogen) atoms. The molecule has 0 radical (unpaired) electrons. The van der Waals surface area contributed by atoms with E-state index >= 15 is 0 Å². The quantitative estimate of drug-likeness (QED) is 0.606. The molecule has 0 bridgehead atoms. The Morgan fingerprint density at radius 1 is 1.10 bits per heavy atom. The molecule has 9 heteroatoms. The minimum absolute atomic E-state index is 0.200. The number of alkyl halides is 3. The largest absolute Gasteiger partial charge is 0.573 e. The third-order valence-electron chi connectivity index (χ3n) is 4.51. The first-order valence-electron chi connectivity index (χ1n) is 9.40. The Bertz CT molecular complexity index is 1050. The van der Waals surface area contributed by atoms with Crippen LogP contribution in [0, 0.1) is 6.92 Å². The number of aryl methyl sites for hydroxylation is 1. The average molecular weight is 418 g/mol. The summed E-state index contributed by atoms with van der Waals surface area (Å²) in [5, 5.41) is 3.78. The van der Waals surface area contributed by atoms with Gasteiger partial charge in [0.2, 0.25) is 0 Å². The lowest BCUT2D eigenvalue weighted by atomic mass is 10.1. The first kappa shape index (κ1) is 21.4. The Balaban J connectivity index is 2.03. The van der Waals surface area contributed by atoms with Gasteiger partial charge in [0, 0.05) is 36.1 Å². The van der Waals surface area contributed by atoms with Gasteiger partial charge in [-0.05, 0) is 57.2 Å². The van der Waals surface area contributed by atoms with Crippen molar-refractivity contribution in [2.75, 3.05) is 18.4 Å². The highest BCUT2D eigenvalue weighted by atomic mass is 19.4. The summed E-state index contributed by atoms with van der Waals surface area (Å²) in [6, 6.07) is 8.91. The number of nitrogens with zero attached hydrogens (tertiary/aromatic N) is 3. The lowest BCUT2D eigenvalue weighted by molar-refractivity contribution is -0.274. The normalized spacial score (nSPS) is 11.4. The number of hydrogen-bond donors (Lipinski definition) is 1. The molecule has 3 aromatic rings. The van der Waals surface area contributed by atoms with Crippen molar-refractivity contribution in [3.8, 4) is 5.75 Å². The molecule has 1 N–H and O–H groups in total. The smallest absolute Gasteiger partial charge is 0.406 e. The van der Waals surface area contributed by atoms with Crippen LogP contribution in [0.15, 0.2) is 42.6 Å². The topological polar surface area (TPSA) is 67.4 Å². The molecule has 158 valence electrons. The number of benzene rings is 1. The van der Waals surface area contributed by atoms with Gasteiger partial charge in [-0.3, -0.25) is 4.79 Å². The number of ether oxygens (including phenoxy) is 1. The van der Waals surface area contributed by atoms with Crippen LogP contribution in [0.1, 0.15) is 29.9 Å². The number of pyridine rings is 2. The molecule has 6 nitrogen and oxygen atoms in total. The highest BCUT2D eigenvalue weighted by Gasteiger charge is 2.31. The minimum atomic E-state index is -4.76. The fourth-order valence-electron chi connectivity index (χ4n) is 3.03. The molecule has 0 saturated carbocycles. The van der Waals surface area contributed by atoms with Gasteiger partial charge in [-0.2, -0.15) is 0 Å². The molecule has 0 aliphatic rings. The minimum Gasteiger partial charge on any atom is -0.406 e. The second-order valence-electron chi connectivity index (χ2n) is 6.55. The van der Waals surface area contributed by atoms with E-state index in [9.17, 15) is 18.0 Å². The van der Waals surface area contributed by atoms with E-state index < -0.39 is 6.36 Å². The number of halogens is 3. The SMILES string of the molecule is CCN(CC)C(=O)c1cnc2nc(C)ccc2c1Nc1ccc(OC(F)(F)F)cc1. The maximum Gasteiger partial charge on any atom is 0.573 e. The molecular weight excluding hydrogens is 397 g/mol. The van der Waals surface area contributed by atoms with E-state index in [2.05, 4.69) is 20.0 Å². The summed E-state index contributed by atoms with van der Waals surface area (Å²) in [4.78, 5) is 23.4. The Morgan fingerprint density at radius 2 is 1.77 bits per heavy atom. The van der Waals surface area contributed by atoms with Crippen LogP contribution in [0.5, 0.6) is 5.75 Å². The Morgan fingerprint density at radius 3 is 2.37 bits per heavy atom. The summed E-state index contributed by atoms with van der Waals surface area (Å²) in [6.45, 7) is 6.66. The lowest BCUT2D eigenvalue weighted by Crippen LogP contribution is -2.31. The van der Waals surface area contributed by atoms with E-state index in [4.69, 9.17) is 0 Å². The monoisotopic (exact) mass is 418 g/mol. The fourth-order valence-corrected chi connectivity index (χ4v) is 3.03. The molecule has 0 aliphatic heterocycles. The number of aromatic nitrogens is 2. The molecule has 2 aromatic heterocycles. The molecule has 0 atom stereocenters. The van der Waals surface area contributed by atoms with Gasteiger partial charge in [0.1, 0.15) is 5.75 Å². The van der Waals surface area contributed by atoms with Gasteiger partial charge >= 0.3 is 6.36 Å². The fraction of sp³-hybridized carbons (Fsp3) is 0.286. The van der Waals surface area contributed by atoms with Gasteiger partial charge < -0.3 is 15.0 Å². The van der Waals surface area contributed by atoms with Crippen LogP contribution < -0.4 is 10.1 Å². The average Bonchev–Trinajstić information content (AvgIpc) is 2.69. The van der Waals surface area contributed by atoms with Crippen molar-refractivity contribution >= 4 is 28.3 Å². The first-order valence-corrected chi connectivity index (χ1v) is 9.40. The molecule has 0 aliphatic carbocycles. The molecule has 0 spiro atoms. The molecular formula is C21H21F3N4O2. The van der Waals surface area contributed by atoms with Gasteiger partial charge in [-0.15, -0.1) is 13.2 Å². The summed E-state index contributed by atoms with van der Waals surface area (Å²) in [5.41, 5.74) is 2.58. The van der Waals surface area contributed by atoms with E-state index in [0.717, 1.165) is 5.69 Å². The van der Waals surface area contributed by atoms with Crippen LogP contribution in [0.25, 0.3) is 11.0 Å². The number of hydrogen-bond acceptors (Lipinski definition) is 5. The van der Waals surface area contributed by atoms with E-state index in [-0.39, 0.29) is 11.7 Å². The maximum atomic E-state index is 13.0. The number of amides is 1. The highest BCUT2D eigenvalue weighted by Crippen LogP contribution is 2.31. The van der Waals surface area contributed by atoms with Crippen molar-refractivity contribution in [1.29, 1.82) is 0 Å². The molecule has 0 fully saturated rings. The van der Waals surface area contributed by atoms with Crippen molar-refractivity contribution < 1.29 is 22.7 Å². The predicted octanol–water partition coefficient (Wildman–Crippen LogP) is 5.06. The highest BCUT2D eigenvalue weighted by molar-refractivity contribution is 6.07. The molecule has 1 aromatic carbocycles. The zero-order valence-electron chi connectivity index (χ0n) is 16.7. The Hall–Kier alpha value is -3.36. The number of carbonyl (C=O) groups excluding carboxylic acids is 1. The van der Waals surface area contributed by atoms with Gasteiger partial charge in [0.15, 0.2) is 5.65 Å². The zero-order chi connectivity index (χ0) is 21.9.